The summed E-state index contributed by atoms with van der Waals surface area (Å²) >= 11 is 0. The van der Waals surface area contributed by atoms with Crippen molar-refractivity contribution in [3.8, 4) is 11.5 Å². The van der Waals surface area contributed by atoms with E-state index in [0.717, 1.165) is 23.5 Å². The molecular formula is C13H19NO3. The molecular weight excluding hydrogens is 218 g/mol. The summed E-state index contributed by atoms with van der Waals surface area (Å²) < 4.78 is 10.5. The summed E-state index contributed by atoms with van der Waals surface area (Å²) in [6.45, 7) is 0.640. The van der Waals surface area contributed by atoms with E-state index in [4.69, 9.17) is 15.2 Å². The van der Waals surface area contributed by atoms with E-state index >= 15 is 0 Å². The molecule has 4 nitrogen and oxygen atoms in total. The molecule has 4 heteroatoms. The molecule has 2 atom stereocenters. The largest absolute Gasteiger partial charge is 0.497 e. The molecule has 2 rings (SSSR count). The lowest BCUT2D eigenvalue weighted by molar-refractivity contribution is 0.211. The Hall–Kier alpha value is -1.26. The van der Waals surface area contributed by atoms with Crippen molar-refractivity contribution >= 4 is 0 Å². The number of hydrogen-bond donors (Lipinski definition) is 2. The van der Waals surface area contributed by atoms with Gasteiger partial charge in [0.15, 0.2) is 0 Å². The van der Waals surface area contributed by atoms with E-state index in [0.29, 0.717) is 12.5 Å². The summed E-state index contributed by atoms with van der Waals surface area (Å²) in [7, 11) is 3.27. The van der Waals surface area contributed by atoms with Crippen LogP contribution in [0.1, 0.15) is 17.9 Å². The van der Waals surface area contributed by atoms with Crippen LogP contribution < -0.4 is 15.2 Å². The quantitative estimate of drug-likeness (QED) is 0.805. The van der Waals surface area contributed by atoms with Gasteiger partial charge in [-0.05, 0) is 30.0 Å². The maximum atomic E-state index is 9.40. The van der Waals surface area contributed by atoms with Crippen molar-refractivity contribution in [1.29, 1.82) is 0 Å². The smallest absolute Gasteiger partial charge is 0.122 e. The number of rotatable bonds is 5. The Morgan fingerprint density at radius 2 is 1.88 bits per heavy atom. The number of hydrogen-bond acceptors (Lipinski definition) is 4. The molecule has 0 radical (unpaired) electrons. The molecule has 17 heavy (non-hydrogen) atoms. The van der Waals surface area contributed by atoms with Gasteiger partial charge in [-0.3, -0.25) is 0 Å². The molecule has 0 aromatic heterocycles. The normalized spacial score (nSPS) is 26.7. The Bertz CT molecular complexity index is 379. The van der Waals surface area contributed by atoms with Gasteiger partial charge in [0.25, 0.3) is 0 Å². The maximum absolute atomic E-state index is 9.40. The van der Waals surface area contributed by atoms with E-state index in [1.54, 1.807) is 14.2 Å². The van der Waals surface area contributed by atoms with Gasteiger partial charge in [-0.15, -0.1) is 0 Å². The number of aliphatic hydroxyl groups excluding tert-OH is 1. The van der Waals surface area contributed by atoms with Crippen LogP contribution in [0.25, 0.3) is 0 Å². The van der Waals surface area contributed by atoms with Gasteiger partial charge in [0.1, 0.15) is 11.5 Å². The van der Waals surface area contributed by atoms with Crippen molar-refractivity contribution in [3.05, 3.63) is 23.8 Å². The highest BCUT2D eigenvalue weighted by atomic mass is 16.5. The van der Waals surface area contributed by atoms with Gasteiger partial charge in [0, 0.05) is 18.0 Å². The number of aliphatic hydroxyl groups is 1. The van der Waals surface area contributed by atoms with Crippen LogP contribution in [0.4, 0.5) is 0 Å². The Morgan fingerprint density at radius 3 is 2.24 bits per heavy atom. The van der Waals surface area contributed by atoms with E-state index < -0.39 is 0 Å². The molecule has 0 spiro atoms. The fraction of sp³-hybridized carbons (Fsp3) is 0.538. The minimum Gasteiger partial charge on any atom is -0.497 e. The first-order chi connectivity index (χ1) is 8.19. The fourth-order valence-corrected chi connectivity index (χ4v) is 2.31. The third-order valence-electron chi connectivity index (χ3n) is 3.69. The molecule has 1 aliphatic rings. The van der Waals surface area contributed by atoms with Crippen LogP contribution in [0.2, 0.25) is 0 Å². The van der Waals surface area contributed by atoms with Crippen LogP contribution in [0.15, 0.2) is 18.2 Å². The van der Waals surface area contributed by atoms with Crippen molar-refractivity contribution in [2.45, 2.75) is 12.3 Å². The first-order valence-electron chi connectivity index (χ1n) is 5.73. The highest BCUT2D eigenvalue weighted by Crippen LogP contribution is 2.58. The maximum Gasteiger partial charge on any atom is 0.122 e. The van der Waals surface area contributed by atoms with E-state index in [1.165, 1.54) is 0 Å². The van der Waals surface area contributed by atoms with Gasteiger partial charge in [-0.1, -0.05) is 0 Å². The lowest BCUT2D eigenvalue weighted by Gasteiger charge is -2.13. The van der Waals surface area contributed by atoms with Crippen molar-refractivity contribution in [2.24, 2.45) is 11.1 Å². The summed E-state index contributed by atoms with van der Waals surface area (Å²) in [6.07, 6.45) is 0.927. The molecule has 0 amide bonds. The SMILES string of the molecule is COc1cc(OC)cc([C@H]2C[C@@]2(CN)CO)c1. The number of methoxy groups -OCH3 is 2. The fourth-order valence-electron chi connectivity index (χ4n) is 2.31. The van der Waals surface area contributed by atoms with Crippen LogP contribution in [0, 0.1) is 5.41 Å². The topological polar surface area (TPSA) is 64.7 Å². The van der Waals surface area contributed by atoms with E-state index in [2.05, 4.69) is 0 Å². The minimum atomic E-state index is -0.141. The average Bonchev–Trinajstić information content (AvgIpc) is 3.13. The number of ether oxygens (including phenoxy) is 2. The minimum absolute atomic E-state index is 0.133. The predicted molar refractivity (Wildman–Crippen MR) is 65.5 cm³/mol. The highest BCUT2D eigenvalue weighted by Gasteiger charge is 2.53. The monoisotopic (exact) mass is 237 g/mol. The zero-order chi connectivity index (χ0) is 12.5. The first kappa shape index (κ1) is 12.2. The van der Waals surface area contributed by atoms with Crippen LogP contribution in [0.5, 0.6) is 11.5 Å². The van der Waals surface area contributed by atoms with Crippen LogP contribution in [-0.4, -0.2) is 32.5 Å². The first-order valence-corrected chi connectivity index (χ1v) is 5.73. The van der Waals surface area contributed by atoms with Crippen LogP contribution in [0.3, 0.4) is 0 Å². The number of benzene rings is 1. The second-order valence-corrected chi connectivity index (χ2v) is 4.63. The zero-order valence-electron chi connectivity index (χ0n) is 10.3. The molecule has 0 heterocycles. The van der Waals surface area contributed by atoms with Crippen molar-refractivity contribution in [2.75, 3.05) is 27.4 Å². The molecule has 1 saturated carbocycles. The molecule has 1 aromatic carbocycles. The molecule has 0 saturated heterocycles. The molecule has 0 unspecified atom stereocenters. The predicted octanol–water partition coefficient (Wildman–Crippen LogP) is 1.13. The Labute approximate surface area is 101 Å². The van der Waals surface area contributed by atoms with E-state index in [9.17, 15) is 5.11 Å². The van der Waals surface area contributed by atoms with E-state index in [-0.39, 0.29) is 12.0 Å². The van der Waals surface area contributed by atoms with Crippen LogP contribution >= 0.6 is 0 Å². The summed E-state index contributed by atoms with van der Waals surface area (Å²) in [5, 5.41) is 9.40. The summed E-state index contributed by atoms with van der Waals surface area (Å²) in [4.78, 5) is 0. The van der Waals surface area contributed by atoms with Gasteiger partial charge in [0.05, 0.1) is 20.8 Å². The van der Waals surface area contributed by atoms with Gasteiger partial charge in [-0.2, -0.15) is 0 Å². The lowest BCUT2D eigenvalue weighted by atomic mass is 9.99. The Kier molecular flexibility index (Phi) is 3.26. The summed E-state index contributed by atoms with van der Waals surface area (Å²) in [5.41, 5.74) is 6.71. The Balaban J connectivity index is 2.28. The Morgan fingerprint density at radius 1 is 1.29 bits per heavy atom. The second kappa shape index (κ2) is 4.55. The third kappa shape index (κ3) is 2.10. The average molecular weight is 237 g/mol. The molecule has 3 N–H and O–H groups in total. The zero-order valence-corrected chi connectivity index (χ0v) is 10.3. The highest BCUT2D eigenvalue weighted by molar-refractivity contribution is 5.43. The standard InChI is InChI=1S/C13H19NO3/c1-16-10-3-9(4-11(5-10)17-2)12-6-13(12,7-14)8-15/h3-5,12,15H,6-8,14H2,1-2H3/t12-,13-/m1/s1. The molecule has 1 aromatic rings. The van der Waals surface area contributed by atoms with Gasteiger partial charge in [-0.25, -0.2) is 0 Å². The lowest BCUT2D eigenvalue weighted by Crippen LogP contribution is -2.21. The summed E-state index contributed by atoms with van der Waals surface area (Å²) in [6, 6.07) is 5.81. The van der Waals surface area contributed by atoms with Crippen molar-refractivity contribution in [1.82, 2.24) is 0 Å². The molecule has 0 bridgehead atoms. The van der Waals surface area contributed by atoms with Crippen molar-refractivity contribution < 1.29 is 14.6 Å². The third-order valence-corrected chi connectivity index (χ3v) is 3.69. The second-order valence-electron chi connectivity index (χ2n) is 4.63. The molecule has 0 aliphatic heterocycles. The van der Waals surface area contributed by atoms with Gasteiger partial charge in [0.2, 0.25) is 0 Å². The number of nitrogens with two attached hydrogens (primary N) is 1. The van der Waals surface area contributed by atoms with Gasteiger partial charge < -0.3 is 20.3 Å². The molecule has 1 aliphatic carbocycles. The molecule has 94 valence electrons. The molecule has 1 fully saturated rings. The van der Waals surface area contributed by atoms with Crippen LogP contribution in [-0.2, 0) is 0 Å². The summed E-state index contributed by atoms with van der Waals surface area (Å²) in [5.74, 6) is 1.85. The van der Waals surface area contributed by atoms with Crippen molar-refractivity contribution in [3.63, 3.8) is 0 Å². The van der Waals surface area contributed by atoms with Gasteiger partial charge >= 0.3 is 0 Å². The van der Waals surface area contributed by atoms with E-state index in [1.807, 2.05) is 18.2 Å².